The van der Waals surface area contributed by atoms with E-state index in [1.54, 1.807) is 0 Å². The first kappa shape index (κ1) is 12.4. The van der Waals surface area contributed by atoms with Crippen molar-refractivity contribution in [1.82, 2.24) is 4.90 Å². The topological polar surface area (TPSA) is 3.24 Å². The van der Waals surface area contributed by atoms with Gasteiger partial charge in [0.1, 0.15) is 0 Å². The predicted molar refractivity (Wildman–Crippen MR) is 74.3 cm³/mol. The highest BCUT2D eigenvalue weighted by Crippen LogP contribution is 2.27. The summed E-state index contributed by atoms with van der Waals surface area (Å²) in [7, 11) is 0. The molecule has 1 saturated heterocycles. The lowest BCUT2D eigenvalue weighted by molar-refractivity contribution is 0.232. The monoisotopic (exact) mass is 229 g/mol. The highest BCUT2D eigenvalue weighted by Gasteiger charge is 2.19. The zero-order valence-electron chi connectivity index (χ0n) is 11.0. The third-order valence-electron chi connectivity index (χ3n) is 3.62. The van der Waals surface area contributed by atoms with E-state index in [1.807, 2.05) is 0 Å². The average Bonchev–Trinajstić information content (AvgIpc) is 2.38. The maximum atomic E-state index is 2.56. The SMILES string of the molecule is CC(C)=CCN1CCC(c2ccccc2)CC1. The number of hydrogen-bond acceptors (Lipinski definition) is 1. The van der Waals surface area contributed by atoms with Crippen LogP contribution in [0.15, 0.2) is 42.0 Å². The van der Waals surface area contributed by atoms with E-state index in [4.69, 9.17) is 0 Å². The summed E-state index contributed by atoms with van der Waals surface area (Å²) in [5, 5.41) is 0. The van der Waals surface area contributed by atoms with Gasteiger partial charge in [-0.05, 0) is 51.3 Å². The van der Waals surface area contributed by atoms with Crippen LogP contribution < -0.4 is 0 Å². The molecule has 0 bridgehead atoms. The summed E-state index contributed by atoms with van der Waals surface area (Å²) in [4.78, 5) is 2.56. The second-order valence-corrected chi connectivity index (χ2v) is 5.27. The summed E-state index contributed by atoms with van der Waals surface area (Å²) in [5.41, 5.74) is 2.95. The molecule has 92 valence electrons. The summed E-state index contributed by atoms with van der Waals surface area (Å²) in [5.74, 6) is 0.777. The summed E-state index contributed by atoms with van der Waals surface area (Å²) < 4.78 is 0. The van der Waals surface area contributed by atoms with Crippen molar-refractivity contribution in [3.05, 3.63) is 47.5 Å². The molecule has 1 fully saturated rings. The maximum Gasteiger partial charge on any atom is 0.0165 e. The maximum absolute atomic E-state index is 2.56. The zero-order valence-corrected chi connectivity index (χ0v) is 11.0. The molecule has 1 aliphatic heterocycles. The summed E-state index contributed by atoms with van der Waals surface area (Å²) >= 11 is 0. The van der Waals surface area contributed by atoms with Crippen LogP contribution in [0.25, 0.3) is 0 Å². The molecule has 1 heterocycles. The van der Waals surface area contributed by atoms with Crippen molar-refractivity contribution in [2.75, 3.05) is 19.6 Å². The van der Waals surface area contributed by atoms with Gasteiger partial charge in [-0.2, -0.15) is 0 Å². The summed E-state index contributed by atoms with van der Waals surface area (Å²) in [6.07, 6.45) is 4.95. The van der Waals surface area contributed by atoms with Gasteiger partial charge in [0.25, 0.3) is 0 Å². The Balaban J connectivity index is 1.84. The lowest BCUT2D eigenvalue weighted by atomic mass is 9.89. The third kappa shape index (κ3) is 3.71. The number of allylic oxidation sites excluding steroid dienone is 1. The Morgan fingerprint density at radius 2 is 1.82 bits per heavy atom. The molecule has 17 heavy (non-hydrogen) atoms. The molecular formula is C16H23N. The van der Waals surface area contributed by atoms with Crippen LogP contribution in [0.3, 0.4) is 0 Å². The van der Waals surface area contributed by atoms with Gasteiger partial charge in [0.15, 0.2) is 0 Å². The van der Waals surface area contributed by atoms with Crippen molar-refractivity contribution < 1.29 is 0 Å². The molecular weight excluding hydrogens is 206 g/mol. The minimum atomic E-state index is 0.777. The molecule has 0 amide bonds. The fourth-order valence-corrected chi connectivity index (χ4v) is 2.49. The molecule has 0 saturated carbocycles. The molecule has 2 rings (SSSR count). The van der Waals surface area contributed by atoms with Gasteiger partial charge in [0.05, 0.1) is 0 Å². The minimum absolute atomic E-state index is 0.777. The van der Waals surface area contributed by atoms with Gasteiger partial charge in [-0.1, -0.05) is 42.0 Å². The number of likely N-dealkylation sites (tertiary alicyclic amines) is 1. The third-order valence-corrected chi connectivity index (χ3v) is 3.62. The van der Waals surface area contributed by atoms with Crippen LogP contribution in [-0.4, -0.2) is 24.5 Å². The Hall–Kier alpha value is -1.08. The molecule has 0 N–H and O–H groups in total. The number of rotatable bonds is 3. The van der Waals surface area contributed by atoms with Crippen molar-refractivity contribution in [2.24, 2.45) is 0 Å². The van der Waals surface area contributed by atoms with Gasteiger partial charge in [-0.3, -0.25) is 4.90 Å². The van der Waals surface area contributed by atoms with E-state index >= 15 is 0 Å². The molecule has 0 radical (unpaired) electrons. The van der Waals surface area contributed by atoms with Gasteiger partial charge < -0.3 is 0 Å². The van der Waals surface area contributed by atoms with Crippen molar-refractivity contribution in [1.29, 1.82) is 0 Å². The smallest absolute Gasteiger partial charge is 0.0165 e. The summed E-state index contributed by atoms with van der Waals surface area (Å²) in [6.45, 7) is 7.96. The Kier molecular flexibility index (Phi) is 4.38. The molecule has 0 spiro atoms. The fraction of sp³-hybridized carbons (Fsp3) is 0.500. The summed E-state index contributed by atoms with van der Waals surface area (Å²) in [6, 6.07) is 11.0. The lowest BCUT2D eigenvalue weighted by Crippen LogP contribution is -2.33. The number of benzene rings is 1. The molecule has 1 nitrogen and oxygen atoms in total. The second kappa shape index (κ2) is 6.02. The molecule has 0 aromatic heterocycles. The fourth-order valence-electron chi connectivity index (χ4n) is 2.49. The Bertz CT molecular complexity index is 354. The number of nitrogens with zero attached hydrogens (tertiary/aromatic N) is 1. The Morgan fingerprint density at radius 3 is 2.41 bits per heavy atom. The molecule has 1 aromatic carbocycles. The van der Waals surface area contributed by atoms with Crippen LogP contribution >= 0.6 is 0 Å². The van der Waals surface area contributed by atoms with Gasteiger partial charge in [-0.15, -0.1) is 0 Å². The van der Waals surface area contributed by atoms with E-state index in [2.05, 4.69) is 55.2 Å². The first-order chi connectivity index (χ1) is 8.25. The standard InChI is InChI=1S/C16H23N/c1-14(2)8-11-17-12-9-16(10-13-17)15-6-4-3-5-7-15/h3-8,16H,9-13H2,1-2H3. The van der Waals surface area contributed by atoms with Gasteiger partial charge >= 0.3 is 0 Å². The first-order valence-electron chi connectivity index (χ1n) is 6.66. The van der Waals surface area contributed by atoms with E-state index in [1.165, 1.54) is 37.1 Å². The predicted octanol–water partition coefficient (Wildman–Crippen LogP) is 3.83. The molecule has 0 aliphatic carbocycles. The quantitative estimate of drug-likeness (QED) is 0.712. The molecule has 1 aliphatic rings. The van der Waals surface area contributed by atoms with Crippen molar-refractivity contribution in [3.8, 4) is 0 Å². The van der Waals surface area contributed by atoms with E-state index in [9.17, 15) is 0 Å². The van der Waals surface area contributed by atoms with Gasteiger partial charge in [0, 0.05) is 6.54 Å². The molecule has 1 heteroatoms. The van der Waals surface area contributed by atoms with Crippen LogP contribution in [0.1, 0.15) is 38.2 Å². The van der Waals surface area contributed by atoms with Crippen molar-refractivity contribution in [2.45, 2.75) is 32.6 Å². The average molecular weight is 229 g/mol. The van der Waals surface area contributed by atoms with Gasteiger partial charge in [0.2, 0.25) is 0 Å². The molecule has 0 unspecified atom stereocenters. The van der Waals surface area contributed by atoms with Crippen LogP contribution in [0, 0.1) is 0 Å². The van der Waals surface area contributed by atoms with Crippen LogP contribution in [-0.2, 0) is 0 Å². The highest BCUT2D eigenvalue weighted by atomic mass is 15.1. The number of piperidine rings is 1. The van der Waals surface area contributed by atoms with Crippen molar-refractivity contribution in [3.63, 3.8) is 0 Å². The van der Waals surface area contributed by atoms with E-state index in [0.29, 0.717) is 0 Å². The molecule has 1 aromatic rings. The van der Waals surface area contributed by atoms with Crippen molar-refractivity contribution >= 4 is 0 Å². The van der Waals surface area contributed by atoms with E-state index < -0.39 is 0 Å². The van der Waals surface area contributed by atoms with E-state index in [-0.39, 0.29) is 0 Å². The van der Waals surface area contributed by atoms with E-state index in [0.717, 1.165) is 12.5 Å². The normalized spacial score (nSPS) is 18.0. The minimum Gasteiger partial charge on any atom is -0.300 e. The lowest BCUT2D eigenvalue weighted by Gasteiger charge is -2.31. The Morgan fingerprint density at radius 1 is 1.18 bits per heavy atom. The van der Waals surface area contributed by atoms with Crippen LogP contribution in [0.4, 0.5) is 0 Å². The Labute approximate surface area is 105 Å². The number of hydrogen-bond donors (Lipinski definition) is 0. The molecule has 0 atom stereocenters. The van der Waals surface area contributed by atoms with Crippen LogP contribution in [0.5, 0.6) is 0 Å². The zero-order chi connectivity index (χ0) is 12.1. The van der Waals surface area contributed by atoms with Crippen LogP contribution in [0.2, 0.25) is 0 Å². The van der Waals surface area contributed by atoms with Gasteiger partial charge in [-0.25, -0.2) is 0 Å². The largest absolute Gasteiger partial charge is 0.300 e. The first-order valence-corrected chi connectivity index (χ1v) is 6.66. The highest BCUT2D eigenvalue weighted by molar-refractivity contribution is 5.20. The second-order valence-electron chi connectivity index (χ2n) is 5.27.